The van der Waals surface area contributed by atoms with Crippen molar-refractivity contribution in [3.8, 4) is 5.75 Å². The van der Waals surface area contributed by atoms with E-state index in [1.54, 1.807) is 18.2 Å². The van der Waals surface area contributed by atoms with Crippen molar-refractivity contribution >= 4 is 0 Å². The average Bonchev–Trinajstić information content (AvgIpc) is 2.95. The molecule has 0 spiro atoms. The summed E-state index contributed by atoms with van der Waals surface area (Å²) in [4.78, 5) is 2.26. The summed E-state index contributed by atoms with van der Waals surface area (Å²) in [6.07, 6.45) is 2.62. The molecule has 4 heteroatoms. The van der Waals surface area contributed by atoms with Crippen LogP contribution in [0, 0.1) is 5.82 Å². The molecular formula is C14H18FNO2. The van der Waals surface area contributed by atoms with Gasteiger partial charge in [-0.1, -0.05) is 12.1 Å². The molecule has 2 atom stereocenters. The van der Waals surface area contributed by atoms with Crippen molar-refractivity contribution in [3.05, 3.63) is 29.6 Å². The predicted octanol–water partition coefficient (Wildman–Crippen LogP) is 1.89. The first-order chi connectivity index (χ1) is 8.66. The summed E-state index contributed by atoms with van der Waals surface area (Å²) in [6, 6.07) is 5.06. The van der Waals surface area contributed by atoms with Gasteiger partial charge in [0.15, 0.2) is 11.6 Å². The zero-order valence-electron chi connectivity index (χ0n) is 10.5. The molecule has 0 amide bonds. The Kier molecular flexibility index (Phi) is 2.79. The van der Waals surface area contributed by atoms with Gasteiger partial charge in [0.05, 0.1) is 7.11 Å². The van der Waals surface area contributed by atoms with E-state index in [-0.39, 0.29) is 11.8 Å². The molecule has 2 aliphatic rings. The summed E-state index contributed by atoms with van der Waals surface area (Å²) in [5, 5.41) is 10.9. The highest BCUT2D eigenvalue weighted by molar-refractivity contribution is 5.36. The molecule has 0 aromatic heterocycles. The zero-order chi connectivity index (χ0) is 12.8. The third kappa shape index (κ3) is 1.56. The van der Waals surface area contributed by atoms with Gasteiger partial charge in [-0.05, 0) is 31.9 Å². The first kappa shape index (κ1) is 11.9. The maximum Gasteiger partial charge on any atom is 0.171 e. The van der Waals surface area contributed by atoms with Gasteiger partial charge in [0.2, 0.25) is 0 Å². The molecule has 0 saturated carbocycles. The van der Waals surface area contributed by atoms with Crippen LogP contribution in [0.25, 0.3) is 0 Å². The van der Waals surface area contributed by atoms with Crippen molar-refractivity contribution in [2.24, 2.45) is 0 Å². The Labute approximate surface area is 106 Å². The lowest BCUT2D eigenvalue weighted by molar-refractivity contribution is 0.00586. The quantitative estimate of drug-likeness (QED) is 0.871. The first-order valence-electron chi connectivity index (χ1n) is 6.46. The van der Waals surface area contributed by atoms with Gasteiger partial charge >= 0.3 is 0 Å². The summed E-state index contributed by atoms with van der Waals surface area (Å²) in [6.45, 7) is 1.86. The molecule has 98 valence electrons. The van der Waals surface area contributed by atoms with Gasteiger partial charge in [0.1, 0.15) is 5.60 Å². The number of hydrogen-bond donors (Lipinski definition) is 1. The van der Waals surface area contributed by atoms with Gasteiger partial charge in [0, 0.05) is 18.2 Å². The second kappa shape index (κ2) is 4.21. The van der Waals surface area contributed by atoms with Gasteiger partial charge in [-0.15, -0.1) is 0 Å². The molecule has 3 nitrogen and oxygen atoms in total. The summed E-state index contributed by atoms with van der Waals surface area (Å²) >= 11 is 0. The monoisotopic (exact) mass is 251 g/mol. The first-order valence-corrected chi connectivity index (χ1v) is 6.46. The molecular weight excluding hydrogens is 233 g/mol. The van der Waals surface area contributed by atoms with E-state index in [1.807, 2.05) is 0 Å². The van der Waals surface area contributed by atoms with Gasteiger partial charge in [0.25, 0.3) is 0 Å². The SMILES string of the molecule is COc1cccc(C2(O)CCN3CCCC32)c1F. The number of ether oxygens (including phenoxy) is 1. The van der Waals surface area contributed by atoms with E-state index >= 15 is 0 Å². The van der Waals surface area contributed by atoms with E-state index in [0.29, 0.717) is 12.0 Å². The normalized spacial score (nSPS) is 31.6. The Hall–Kier alpha value is -1.13. The summed E-state index contributed by atoms with van der Waals surface area (Å²) in [5.74, 6) is -0.214. The molecule has 18 heavy (non-hydrogen) atoms. The van der Waals surface area contributed by atoms with Crippen LogP contribution in [0.3, 0.4) is 0 Å². The van der Waals surface area contributed by atoms with Crippen molar-refractivity contribution < 1.29 is 14.2 Å². The van der Waals surface area contributed by atoms with Crippen LogP contribution in [0.2, 0.25) is 0 Å². The number of nitrogens with zero attached hydrogens (tertiary/aromatic N) is 1. The molecule has 0 radical (unpaired) electrons. The van der Waals surface area contributed by atoms with Crippen LogP contribution in [0.5, 0.6) is 5.75 Å². The molecule has 2 aliphatic heterocycles. The topological polar surface area (TPSA) is 32.7 Å². The zero-order valence-corrected chi connectivity index (χ0v) is 10.5. The Morgan fingerprint density at radius 1 is 1.44 bits per heavy atom. The molecule has 1 aromatic carbocycles. The van der Waals surface area contributed by atoms with Crippen molar-refractivity contribution in [1.82, 2.24) is 4.90 Å². The smallest absolute Gasteiger partial charge is 0.171 e. The van der Waals surface area contributed by atoms with E-state index in [0.717, 1.165) is 25.9 Å². The van der Waals surface area contributed by atoms with Crippen LogP contribution >= 0.6 is 0 Å². The summed E-state index contributed by atoms with van der Waals surface area (Å²) in [7, 11) is 1.45. The highest BCUT2D eigenvalue weighted by atomic mass is 19.1. The van der Waals surface area contributed by atoms with E-state index in [2.05, 4.69) is 4.90 Å². The number of rotatable bonds is 2. The van der Waals surface area contributed by atoms with Gasteiger partial charge < -0.3 is 9.84 Å². The van der Waals surface area contributed by atoms with Crippen LogP contribution in [-0.2, 0) is 5.60 Å². The average molecular weight is 251 g/mol. The maximum atomic E-state index is 14.3. The van der Waals surface area contributed by atoms with Gasteiger partial charge in [-0.25, -0.2) is 4.39 Å². The lowest BCUT2D eigenvalue weighted by Gasteiger charge is -2.31. The largest absolute Gasteiger partial charge is 0.494 e. The standard InChI is InChI=1S/C14H18FNO2/c1-18-11-5-2-4-10(13(11)15)14(17)7-9-16-8-3-6-12(14)16/h2,4-5,12,17H,3,6-9H2,1H3. The fourth-order valence-electron chi connectivity index (χ4n) is 3.43. The second-order valence-electron chi connectivity index (χ2n) is 5.19. The fraction of sp³-hybridized carbons (Fsp3) is 0.571. The Balaban J connectivity index is 2.04. The molecule has 2 saturated heterocycles. The molecule has 0 aliphatic carbocycles. The molecule has 2 fully saturated rings. The summed E-state index contributed by atoms with van der Waals surface area (Å²) < 4.78 is 19.3. The highest BCUT2D eigenvalue weighted by Crippen LogP contribution is 2.44. The molecule has 0 bridgehead atoms. The Morgan fingerprint density at radius 3 is 3.06 bits per heavy atom. The van der Waals surface area contributed by atoms with Crippen molar-refractivity contribution in [3.63, 3.8) is 0 Å². The van der Waals surface area contributed by atoms with Crippen molar-refractivity contribution in [1.29, 1.82) is 0 Å². The van der Waals surface area contributed by atoms with Gasteiger partial charge in [-0.2, -0.15) is 0 Å². The lowest BCUT2D eigenvalue weighted by atomic mass is 9.85. The van der Waals surface area contributed by atoms with E-state index in [9.17, 15) is 9.50 Å². The summed E-state index contributed by atoms with van der Waals surface area (Å²) in [5.41, 5.74) is -0.675. The van der Waals surface area contributed by atoms with Crippen LogP contribution in [0.1, 0.15) is 24.8 Å². The van der Waals surface area contributed by atoms with Crippen LogP contribution < -0.4 is 4.74 Å². The van der Waals surface area contributed by atoms with Crippen LogP contribution in [0.15, 0.2) is 18.2 Å². The molecule has 2 heterocycles. The number of halogens is 1. The minimum atomic E-state index is -1.06. The third-order valence-corrected chi connectivity index (χ3v) is 4.34. The molecule has 1 aromatic rings. The predicted molar refractivity (Wildman–Crippen MR) is 66.1 cm³/mol. The number of hydrogen-bond acceptors (Lipinski definition) is 3. The number of fused-ring (bicyclic) bond motifs is 1. The fourth-order valence-corrected chi connectivity index (χ4v) is 3.43. The molecule has 3 rings (SSSR count). The molecule has 1 N–H and O–H groups in total. The Morgan fingerprint density at radius 2 is 2.28 bits per heavy atom. The van der Waals surface area contributed by atoms with Crippen molar-refractivity contribution in [2.45, 2.75) is 30.9 Å². The maximum absolute atomic E-state index is 14.3. The van der Waals surface area contributed by atoms with E-state index in [4.69, 9.17) is 4.74 Å². The highest BCUT2D eigenvalue weighted by Gasteiger charge is 2.50. The lowest BCUT2D eigenvalue weighted by Crippen LogP contribution is -2.39. The Bertz CT molecular complexity index is 465. The van der Waals surface area contributed by atoms with Crippen molar-refractivity contribution in [2.75, 3.05) is 20.2 Å². The third-order valence-electron chi connectivity index (χ3n) is 4.34. The number of methoxy groups -OCH3 is 1. The van der Waals surface area contributed by atoms with E-state index in [1.165, 1.54) is 7.11 Å². The number of benzene rings is 1. The minimum absolute atomic E-state index is 0.0547. The second-order valence-corrected chi connectivity index (χ2v) is 5.19. The minimum Gasteiger partial charge on any atom is -0.494 e. The van der Waals surface area contributed by atoms with Crippen LogP contribution in [-0.4, -0.2) is 36.2 Å². The number of aliphatic hydroxyl groups is 1. The van der Waals surface area contributed by atoms with E-state index < -0.39 is 11.4 Å². The molecule has 2 unspecified atom stereocenters. The van der Waals surface area contributed by atoms with Crippen LogP contribution in [0.4, 0.5) is 4.39 Å². The van der Waals surface area contributed by atoms with Gasteiger partial charge in [-0.3, -0.25) is 4.90 Å².